The van der Waals surface area contributed by atoms with Gasteiger partial charge in [0.05, 0.1) is 6.61 Å². The average molecular weight is 290 g/mol. The minimum atomic E-state index is -0.953. The summed E-state index contributed by atoms with van der Waals surface area (Å²) in [6, 6.07) is 0. The molecule has 1 saturated heterocycles. The van der Waals surface area contributed by atoms with Crippen molar-refractivity contribution in [1.29, 1.82) is 0 Å². The first-order valence-corrected chi connectivity index (χ1v) is 7.15. The largest absolute Gasteiger partial charge is 0.392 e. The first-order valence-electron chi connectivity index (χ1n) is 7.15. The highest BCUT2D eigenvalue weighted by Gasteiger charge is 2.67. The van der Waals surface area contributed by atoms with Crippen molar-refractivity contribution < 1.29 is 19.7 Å². The number of epoxide rings is 1. The fourth-order valence-corrected chi connectivity index (χ4v) is 2.65. The standard InChI is InChI=1S/C17H22O4/c1-4-5-6-7-12-13(10-18)14(19)16-17(21-16,15(12)20)9-8-11(2)3/h4-8,14,16,18-19H,9-10H2,1-3H3/b5-4+,7-6+/t14-,16-,17+/m0/s1. The van der Waals surface area contributed by atoms with Crippen molar-refractivity contribution in [1.82, 2.24) is 0 Å². The molecule has 21 heavy (non-hydrogen) atoms. The molecule has 1 aliphatic carbocycles. The maximum Gasteiger partial charge on any atom is 0.197 e. The van der Waals surface area contributed by atoms with E-state index >= 15 is 0 Å². The van der Waals surface area contributed by atoms with Crippen LogP contribution in [-0.2, 0) is 9.53 Å². The highest BCUT2D eigenvalue weighted by atomic mass is 16.6. The fraction of sp³-hybridized carbons (Fsp3) is 0.471. The Labute approximate surface area is 125 Å². The van der Waals surface area contributed by atoms with E-state index in [1.807, 2.05) is 32.9 Å². The molecule has 0 amide bonds. The van der Waals surface area contributed by atoms with Crippen molar-refractivity contribution in [2.75, 3.05) is 6.61 Å². The number of aliphatic hydroxyl groups excluding tert-OH is 2. The normalized spacial score (nSPS) is 32.0. The average Bonchev–Trinajstić information content (AvgIpc) is 3.19. The summed E-state index contributed by atoms with van der Waals surface area (Å²) in [6.45, 7) is 5.44. The second-order valence-corrected chi connectivity index (χ2v) is 5.67. The third-order valence-corrected chi connectivity index (χ3v) is 3.91. The number of fused-ring (bicyclic) bond motifs is 1. The third kappa shape index (κ3) is 2.79. The van der Waals surface area contributed by atoms with Gasteiger partial charge in [0.25, 0.3) is 0 Å². The molecule has 0 radical (unpaired) electrons. The monoisotopic (exact) mass is 290 g/mol. The second kappa shape index (κ2) is 6.10. The van der Waals surface area contributed by atoms with Crippen LogP contribution >= 0.6 is 0 Å². The van der Waals surface area contributed by atoms with E-state index in [2.05, 4.69) is 0 Å². The lowest BCUT2D eigenvalue weighted by atomic mass is 9.79. The van der Waals surface area contributed by atoms with E-state index in [0.717, 1.165) is 5.57 Å². The summed E-state index contributed by atoms with van der Waals surface area (Å²) in [5.74, 6) is -0.153. The molecule has 3 atom stereocenters. The maximum atomic E-state index is 12.7. The van der Waals surface area contributed by atoms with Gasteiger partial charge in [-0.25, -0.2) is 0 Å². The smallest absolute Gasteiger partial charge is 0.197 e. The zero-order chi connectivity index (χ0) is 15.6. The van der Waals surface area contributed by atoms with Gasteiger partial charge in [0.1, 0.15) is 12.2 Å². The first kappa shape index (κ1) is 15.9. The van der Waals surface area contributed by atoms with Crippen molar-refractivity contribution in [2.24, 2.45) is 0 Å². The predicted molar refractivity (Wildman–Crippen MR) is 80.7 cm³/mol. The molecular formula is C17H22O4. The lowest BCUT2D eigenvalue weighted by Crippen LogP contribution is -2.40. The SMILES string of the molecule is C/C=C/C=C/C1=C(CO)[C@H](O)[C@@H]2O[C@]2(CC=C(C)C)C1=O. The van der Waals surface area contributed by atoms with Crippen LogP contribution in [-0.4, -0.2) is 40.4 Å². The number of carbonyl (C=O) groups excluding carboxylic acids is 1. The van der Waals surface area contributed by atoms with Gasteiger partial charge < -0.3 is 14.9 Å². The minimum Gasteiger partial charge on any atom is -0.392 e. The van der Waals surface area contributed by atoms with Gasteiger partial charge in [-0.15, -0.1) is 0 Å². The van der Waals surface area contributed by atoms with Crippen molar-refractivity contribution in [2.45, 2.75) is 45.0 Å². The van der Waals surface area contributed by atoms with Gasteiger partial charge >= 0.3 is 0 Å². The van der Waals surface area contributed by atoms with Gasteiger partial charge in [0.15, 0.2) is 11.4 Å². The molecule has 1 heterocycles. The molecule has 2 rings (SSSR count). The lowest BCUT2D eigenvalue weighted by Gasteiger charge is -2.23. The van der Waals surface area contributed by atoms with E-state index in [-0.39, 0.29) is 12.4 Å². The number of ketones is 1. The number of ether oxygens (including phenoxy) is 1. The van der Waals surface area contributed by atoms with Crippen LogP contribution in [0.25, 0.3) is 0 Å². The zero-order valence-electron chi connectivity index (χ0n) is 12.7. The highest BCUT2D eigenvalue weighted by Crippen LogP contribution is 2.50. The van der Waals surface area contributed by atoms with E-state index in [9.17, 15) is 15.0 Å². The summed E-state index contributed by atoms with van der Waals surface area (Å²) in [5, 5.41) is 19.7. The molecule has 0 aromatic heterocycles. The number of allylic oxidation sites excluding steroid dienone is 5. The topological polar surface area (TPSA) is 70.1 Å². The van der Waals surface area contributed by atoms with E-state index in [1.165, 1.54) is 0 Å². The van der Waals surface area contributed by atoms with E-state index in [4.69, 9.17) is 4.74 Å². The molecule has 1 aliphatic heterocycles. The molecule has 4 nitrogen and oxygen atoms in total. The zero-order valence-corrected chi connectivity index (χ0v) is 12.7. The quantitative estimate of drug-likeness (QED) is 0.460. The molecule has 0 bridgehead atoms. The number of aliphatic hydroxyl groups is 2. The van der Waals surface area contributed by atoms with E-state index in [1.54, 1.807) is 18.2 Å². The summed E-state index contributed by atoms with van der Waals surface area (Å²) >= 11 is 0. The Balaban J connectivity index is 2.36. The minimum absolute atomic E-state index is 0.153. The summed E-state index contributed by atoms with van der Waals surface area (Å²) in [7, 11) is 0. The third-order valence-electron chi connectivity index (χ3n) is 3.91. The first-order chi connectivity index (χ1) is 9.97. The van der Waals surface area contributed by atoms with Crippen LogP contribution < -0.4 is 0 Å². The molecule has 0 unspecified atom stereocenters. The van der Waals surface area contributed by atoms with Crippen LogP contribution in [0.15, 0.2) is 47.1 Å². The van der Waals surface area contributed by atoms with E-state index < -0.39 is 17.8 Å². The molecule has 0 spiro atoms. The van der Waals surface area contributed by atoms with Gasteiger partial charge in [-0.1, -0.05) is 36.0 Å². The highest BCUT2D eigenvalue weighted by molar-refractivity contribution is 6.08. The predicted octanol–water partition coefficient (Wildman–Crippen LogP) is 1.85. The van der Waals surface area contributed by atoms with Crippen LogP contribution in [0.5, 0.6) is 0 Å². The van der Waals surface area contributed by atoms with Crippen LogP contribution in [0, 0.1) is 0 Å². The lowest BCUT2D eigenvalue weighted by molar-refractivity contribution is -0.120. The van der Waals surface area contributed by atoms with Crippen LogP contribution in [0.3, 0.4) is 0 Å². The molecule has 2 aliphatic rings. The number of hydrogen-bond acceptors (Lipinski definition) is 4. The van der Waals surface area contributed by atoms with Gasteiger partial charge in [0, 0.05) is 12.0 Å². The summed E-state index contributed by atoms with van der Waals surface area (Å²) in [4.78, 5) is 12.7. The molecule has 114 valence electrons. The van der Waals surface area contributed by atoms with Crippen LogP contribution in [0.1, 0.15) is 27.2 Å². The van der Waals surface area contributed by atoms with Crippen LogP contribution in [0.4, 0.5) is 0 Å². The van der Waals surface area contributed by atoms with Gasteiger partial charge in [-0.2, -0.15) is 0 Å². The summed E-state index contributed by atoms with van der Waals surface area (Å²) < 4.78 is 5.56. The molecule has 0 saturated carbocycles. The Morgan fingerprint density at radius 1 is 1.38 bits per heavy atom. The molecule has 2 N–H and O–H groups in total. The number of Topliss-reactive ketones (excluding diaryl/α,β-unsaturated/α-hetero) is 1. The number of rotatable bonds is 5. The van der Waals surface area contributed by atoms with Crippen LogP contribution in [0.2, 0.25) is 0 Å². The Kier molecular flexibility index (Phi) is 4.61. The second-order valence-electron chi connectivity index (χ2n) is 5.67. The molecule has 0 aromatic rings. The maximum absolute atomic E-state index is 12.7. The number of carbonyl (C=O) groups is 1. The molecule has 1 fully saturated rings. The van der Waals surface area contributed by atoms with Gasteiger partial charge in [-0.05, 0) is 26.3 Å². The number of hydrogen-bond donors (Lipinski definition) is 2. The summed E-state index contributed by atoms with van der Waals surface area (Å²) in [6.07, 6.45) is 7.94. The van der Waals surface area contributed by atoms with Gasteiger partial charge in [-0.3, -0.25) is 4.79 Å². The van der Waals surface area contributed by atoms with Gasteiger partial charge in [0.2, 0.25) is 0 Å². The Bertz CT molecular complexity index is 549. The Hall–Kier alpha value is -1.49. The Morgan fingerprint density at radius 3 is 2.67 bits per heavy atom. The molecule has 0 aromatic carbocycles. The van der Waals surface area contributed by atoms with E-state index in [0.29, 0.717) is 17.6 Å². The molecule has 4 heteroatoms. The molecular weight excluding hydrogens is 268 g/mol. The van der Waals surface area contributed by atoms with Crippen molar-refractivity contribution in [3.8, 4) is 0 Å². The van der Waals surface area contributed by atoms with Crippen molar-refractivity contribution in [3.05, 3.63) is 47.1 Å². The fourth-order valence-electron chi connectivity index (χ4n) is 2.65. The summed E-state index contributed by atoms with van der Waals surface area (Å²) in [5.41, 5.74) is 0.851. The van der Waals surface area contributed by atoms with Crippen molar-refractivity contribution in [3.63, 3.8) is 0 Å². The Morgan fingerprint density at radius 2 is 2.10 bits per heavy atom. The van der Waals surface area contributed by atoms with Crippen molar-refractivity contribution >= 4 is 5.78 Å².